The van der Waals surface area contributed by atoms with Gasteiger partial charge in [0, 0.05) is 32.9 Å². The van der Waals surface area contributed by atoms with Crippen molar-refractivity contribution in [2.45, 2.75) is 13.5 Å². The molecule has 0 aliphatic carbocycles. The number of methoxy groups -OCH3 is 1. The number of likely N-dealkylation sites (N-methyl/N-ethyl adjacent to an activating group) is 1. The number of amides is 1. The van der Waals surface area contributed by atoms with E-state index >= 15 is 0 Å². The van der Waals surface area contributed by atoms with E-state index in [4.69, 9.17) is 4.74 Å². The molecule has 0 unspecified atom stereocenters. The Morgan fingerprint density at radius 1 is 1.38 bits per heavy atom. The van der Waals surface area contributed by atoms with Crippen molar-refractivity contribution in [3.05, 3.63) is 23.9 Å². The predicted molar refractivity (Wildman–Crippen MR) is 82.3 cm³/mol. The van der Waals surface area contributed by atoms with E-state index in [2.05, 4.69) is 20.6 Å². The van der Waals surface area contributed by atoms with Gasteiger partial charge in [-0.05, 0) is 12.5 Å². The number of pyridine rings is 1. The Kier molecular flexibility index (Phi) is 7.00. The molecule has 1 aromatic heterocycles. The Bertz CT molecular complexity index is 471. The highest BCUT2D eigenvalue weighted by Gasteiger charge is 2.05. The zero-order valence-corrected chi connectivity index (χ0v) is 13.0. The quantitative estimate of drug-likeness (QED) is 0.580. The molecule has 2 N–H and O–H groups in total. The summed E-state index contributed by atoms with van der Waals surface area (Å²) < 4.78 is 5.01. The molecule has 0 fully saturated rings. The van der Waals surface area contributed by atoms with Crippen molar-refractivity contribution in [3.63, 3.8) is 0 Å². The molecule has 7 heteroatoms. The Balaban J connectivity index is 2.59. The number of rotatable bonds is 6. The van der Waals surface area contributed by atoms with Crippen molar-refractivity contribution in [2.75, 3.05) is 34.3 Å². The standard InChI is InChI=1S/C14H23N5O2/c1-5-15-14(18-10-13(20)19(2)3)17-9-11-6-7-12(21-4)16-8-11/h6-8H,5,9-10H2,1-4H3,(H2,15,17,18). The van der Waals surface area contributed by atoms with E-state index < -0.39 is 0 Å². The highest BCUT2D eigenvalue weighted by atomic mass is 16.5. The van der Waals surface area contributed by atoms with Gasteiger partial charge in [0.25, 0.3) is 0 Å². The molecule has 0 saturated carbocycles. The average Bonchev–Trinajstić information content (AvgIpc) is 2.50. The Morgan fingerprint density at radius 3 is 2.67 bits per heavy atom. The Labute approximate surface area is 125 Å². The zero-order chi connectivity index (χ0) is 15.7. The maximum absolute atomic E-state index is 11.6. The maximum Gasteiger partial charge on any atom is 0.241 e. The number of carbonyl (C=O) groups excluding carboxylic acids is 1. The van der Waals surface area contributed by atoms with Crippen LogP contribution in [0.25, 0.3) is 0 Å². The number of carbonyl (C=O) groups is 1. The van der Waals surface area contributed by atoms with Gasteiger partial charge >= 0.3 is 0 Å². The molecule has 1 aromatic rings. The van der Waals surface area contributed by atoms with Gasteiger partial charge < -0.3 is 20.3 Å². The minimum absolute atomic E-state index is 0.00767. The normalized spacial score (nSPS) is 11.0. The topological polar surface area (TPSA) is 78.9 Å². The van der Waals surface area contributed by atoms with Crippen LogP contribution in [0.4, 0.5) is 0 Å². The van der Waals surface area contributed by atoms with Crippen LogP contribution in [0.15, 0.2) is 23.3 Å². The van der Waals surface area contributed by atoms with Crippen LogP contribution in [-0.2, 0) is 11.3 Å². The Hall–Kier alpha value is -2.31. The molecule has 0 saturated heterocycles. The third-order valence-corrected chi connectivity index (χ3v) is 2.68. The summed E-state index contributed by atoms with van der Waals surface area (Å²) in [4.78, 5) is 21.6. The van der Waals surface area contributed by atoms with Gasteiger partial charge in [0.1, 0.15) is 0 Å². The fourth-order valence-corrected chi connectivity index (χ4v) is 1.45. The smallest absolute Gasteiger partial charge is 0.241 e. The molecule has 0 radical (unpaired) electrons. The second kappa shape index (κ2) is 8.78. The minimum atomic E-state index is -0.00767. The van der Waals surface area contributed by atoms with Crippen LogP contribution in [0.5, 0.6) is 5.88 Å². The molecule has 7 nitrogen and oxygen atoms in total. The summed E-state index contributed by atoms with van der Waals surface area (Å²) in [5, 5.41) is 6.09. The summed E-state index contributed by atoms with van der Waals surface area (Å²) in [7, 11) is 5.02. The van der Waals surface area contributed by atoms with Crippen LogP contribution < -0.4 is 15.4 Å². The van der Waals surface area contributed by atoms with E-state index in [1.807, 2.05) is 13.0 Å². The first-order valence-electron chi connectivity index (χ1n) is 6.78. The third kappa shape index (κ3) is 6.11. The van der Waals surface area contributed by atoms with E-state index in [1.54, 1.807) is 33.5 Å². The summed E-state index contributed by atoms with van der Waals surface area (Å²) in [5.74, 6) is 1.17. The molecular formula is C14H23N5O2. The SMILES string of the molecule is CCNC(=NCc1ccc(OC)nc1)NCC(=O)N(C)C. The summed E-state index contributed by atoms with van der Waals surface area (Å²) in [6, 6.07) is 3.70. The van der Waals surface area contributed by atoms with Gasteiger partial charge in [-0.1, -0.05) is 6.07 Å². The fourth-order valence-electron chi connectivity index (χ4n) is 1.45. The maximum atomic E-state index is 11.6. The lowest BCUT2D eigenvalue weighted by Crippen LogP contribution is -2.42. The molecule has 0 aliphatic rings. The number of nitrogens with one attached hydrogen (secondary N) is 2. The van der Waals surface area contributed by atoms with Gasteiger partial charge in [0.05, 0.1) is 20.2 Å². The molecule has 0 aliphatic heterocycles. The predicted octanol–water partition coefficient (Wildman–Crippen LogP) is 0.234. The second-order valence-electron chi connectivity index (χ2n) is 4.55. The summed E-state index contributed by atoms with van der Waals surface area (Å²) >= 11 is 0. The monoisotopic (exact) mass is 293 g/mol. The molecule has 1 amide bonds. The van der Waals surface area contributed by atoms with E-state index in [9.17, 15) is 4.79 Å². The van der Waals surface area contributed by atoms with Gasteiger partial charge in [-0.15, -0.1) is 0 Å². The van der Waals surface area contributed by atoms with E-state index in [0.29, 0.717) is 18.4 Å². The van der Waals surface area contributed by atoms with Gasteiger partial charge in [-0.2, -0.15) is 0 Å². The van der Waals surface area contributed by atoms with Crippen molar-refractivity contribution in [2.24, 2.45) is 4.99 Å². The highest BCUT2D eigenvalue weighted by Crippen LogP contribution is 2.07. The molecule has 0 aromatic carbocycles. The van der Waals surface area contributed by atoms with Crippen molar-refractivity contribution in [3.8, 4) is 5.88 Å². The van der Waals surface area contributed by atoms with Crippen LogP contribution in [0.3, 0.4) is 0 Å². The lowest BCUT2D eigenvalue weighted by molar-refractivity contribution is -0.127. The number of hydrogen-bond donors (Lipinski definition) is 2. The van der Waals surface area contributed by atoms with Crippen LogP contribution >= 0.6 is 0 Å². The van der Waals surface area contributed by atoms with Gasteiger partial charge in [-0.25, -0.2) is 9.98 Å². The number of hydrogen-bond acceptors (Lipinski definition) is 4. The summed E-state index contributed by atoms with van der Waals surface area (Å²) in [6.07, 6.45) is 1.72. The molecule has 116 valence electrons. The van der Waals surface area contributed by atoms with Crippen molar-refractivity contribution in [1.82, 2.24) is 20.5 Å². The summed E-state index contributed by atoms with van der Waals surface area (Å²) in [6.45, 7) is 3.38. The molecular weight excluding hydrogens is 270 g/mol. The zero-order valence-electron chi connectivity index (χ0n) is 13.0. The van der Waals surface area contributed by atoms with Crippen molar-refractivity contribution in [1.29, 1.82) is 0 Å². The lowest BCUT2D eigenvalue weighted by atomic mass is 10.3. The first kappa shape index (κ1) is 16.7. The molecule has 0 bridgehead atoms. The van der Waals surface area contributed by atoms with Gasteiger partial charge in [-0.3, -0.25) is 4.79 Å². The minimum Gasteiger partial charge on any atom is -0.481 e. The van der Waals surface area contributed by atoms with E-state index in [-0.39, 0.29) is 12.5 Å². The molecule has 0 atom stereocenters. The van der Waals surface area contributed by atoms with Crippen molar-refractivity contribution < 1.29 is 9.53 Å². The van der Waals surface area contributed by atoms with Gasteiger partial charge in [0.15, 0.2) is 5.96 Å². The fraction of sp³-hybridized carbons (Fsp3) is 0.500. The average molecular weight is 293 g/mol. The van der Waals surface area contributed by atoms with Gasteiger partial charge in [0.2, 0.25) is 11.8 Å². The molecule has 1 rings (SSSR count). The lowest BCUT2D eigenvalue weighted by Gasteiger charge is -2.14. The van der Waals surface area contributed by atoms with Crippen LogP contribution in [0.1, 0.15) is 12.5 Å². The molecule has 1 heterocycles. The number of aromatic nitrogens is 1. The van der Waals surface area contributed by atoms with Crippen LogP contribution in [0, 0.1) is 0 Å². The number of ether oxygens (including phenoxy) is 1. The molecule has 21 heavy (non-hydrogen) atoms. The second-order valence-corrected chi connectivity index (χ2v) is 4.55. The molecule has 0 spiro atoms. The van der Waals surface area contributed by atoms with Crippen LogP contribution in [0.2, 0.25) is 0 Å². The number of nitrogens with zero attached hydrogens (tertiary/aromatic N) is 3. The van der Waals surface area contributed by atoms with Crippen LogP contribution in [-0.4, -0.2) is 56.0 Å². The third-order valence-electron chi connectivity index (χ3n) is 2.68. The van der Waals surface area contributed by atoms with Crippen molar-refractivity contribution >= 4 is 11.9 Å². The number of guanidine groups is 1. The highest BCUT2D eigenvalue weighted by molar-refractivity contribution is 5.86. The number of aliphatic imine (C=N–C) groups is 1. The first-order valence-corrected chi connectivity index (χ1v) is 6.78. The summed E-state index contributed by atoms with van der Waals surface area (Å²) in [5.41, 5.74) is 0.965. The van der Waals surface area contributed by atoms with E-state index in [0.717, 1.165) is 12.1 Å². The Morgan fingerprint density at radius 2 is 2.14 bits per heavy atom. The largest absolute Gasteiger partial charge is 0.481 e. The first-order chi connectivity index (χ1) is 10.1. The van der Waals surface area contributed by atoms with E-state index in [1.165, 1.54) is 4.90 Å².